The van der Waals surface area contributed by atoms with Gasteiger partial charge in [-0.15, -0.1) is 0 Å². The molecule has 19 heavy (non-hydrogen) atoms. The lowest BCUT2D eigenvalue weighted by atomic mass is 9.81. The molecule has 1 aliphatic rings. The van der Waals surface area contributed by atoms with Crippen LogP contribution in [0.5, 0.6) is 0 Å². The molecule has 0 spiro atoms. The van der Waals surface area contributed by atoms with Crippen molar-refractivity contribution in [3.63, 3.8) is 0 Å². The molecule has 0 saturated carbocycles. The van der Waals surface area contributed by atoms with Gasteiger partial charge in [-0.3, -0.25) is 4.90 Å². The van der Waals surface area contributed by atoms with Crippen LogP contribution in [-0.2, 0) is 5.54 Å². The van der Waals surface area contributed by atoms with Crippen molar-refractivity contribution in [1.29, 1.82) is 0 Å². The predicted octanol–water partition coefficient (Wildman–Crippen LogP) is 3.39. The van der Waals surface area contributed by atoms with Crippen molar-refractivity contribution < 1.29 is 0 Å². The zero-order chi connectivity index (χ0) is 13.9. The van der Waals surface area contributed by atoms with Crippen LogP contribution in [0.4, 0.5) is 0 Å². The number of rotatable bonds is 4. The van der Waals surface area contributed by atoms with Crippen molar-refractivity contribution in [3.05, 3.63) is 35.9 Å². The normalized spacial score (nSPS) is 27.4. The molecule has 2 heteroatoms. The lowest BCUT2D eigenvalue weighted by molar-refractivity contribution is 0.00629. The molecule has 1 aromatic carbocycles. The maximum atomic E-state index is 3.83. The fourth-order valence-electron chi connectivity index (χ4n) is 3.47. The van der Waals surface area contributed by atoms with E-state index in [2.05, 4.69) is 68.2 Å². The summed E-state index contributed by atoms with van der Waals surface area (Å²) in [6, 6.07) is 10.9. The van der Waals surface area contributed by atoms with Gasteiger partial charge < -0.3 is 5.32 Å². The van der Waals surface area contributed by atoms with Crippen LogP contribution in [0.3, 0.4) is 0 Å². The van der Waals surface area contributed by atoms with Gasteiger partial charge in [0, 0.05) is 18.6 Å². The van der Waals surface area contributed by atoms with Crippen molar-refractivity contribution in [2.45, 2.75) is 51.6 Å². The molecule has 1 unspecified atom stereocenters. The summed E-state index contributed by atoms with van der Waals surface area (Å²) in [6.07, 6.45) is 2.43. The molecule has 1 aliphatic heterocycles. The van der Waals surface area contributed by atoms with E-state index in [9.17, 15) is 0 Å². The van der Waals surface area contributed by atoms with Gasteiger partial charge in [-0.1, -0.05) is 51.1 Å². The SMILES string of the molecule is CCN1CC(C)(c2ccccc2)NCC1(CC)CC. The summed E-state index contributed by atoms with van der Waals surface area (Å²) in [6.45, 7) is 12.6. The van der Waals surface area contributed by atoms with Gasteiger partial charge in [0.1, 0.15) is 0 Å². The Bertz CT molecular complexity index is 397. The van der Waals surface area contributed by atoms with E-state index in [-0.39, 0.29) is 5.54 Å². The number of hydrogen-bond donors (Lipinski definition) is 1. The molecule has 1 fully saturated rings. The molecule has 106 valence electrons. The first-order valence-corrected chi connectivity index (χ1v) is 7.66. The molecule has 0 radical (unpaired) electrons. The van der Waals surface area contributed by atoms with Crippen molar-refractivity contribution in [1.82, 2.24) is 10.2 Å². The number of hydrogen-bond acceptors (Lipinski definition) is 2. The number of piperazine rings is 1. The molecule has 1 saturated heterocycles. The first kappa shape index (κ1) is 14.5. The Kier molecular flexibility index (Phi) is 4.32. The summed E-state index contributed by atoms with van der Waals surface area (Å²) in [7, 11) is 0. The monoisotopic (exact) mass is 260 g/mol. The van der Waals surface area contributed by atoms with Crippen molar-refractivity contribution in [2.24, 2.45) is 0 Å². The zero-order valence-electron chi connectivity index (χ0n) is 12.9. The first-order chi connectivity index (χ1) is 9.10. The standard InChI is InChI=1S/C17H28N2/c1-5-17(6-2)13-18-16(4,14-19(17)7-3)15-11-9-8-10-12-15/h8-12,18H,5-7,13-14H2,1-4H3. The number of likely N-dealkylation sites (N-methyl/N-ethyl adjacent to an activating group) is 1. The summed E-state index contributed by atoms with van der Waals surface area (Å²) in [5.41, 5.74) is 1.81. The van der Waals surface area contributed by atoms with Crippen molar-refractivity contribution >= 4 is 0 Å². The first-order valence-electron chi connectivity index (χ1n) is 7.66. The lowest BCUT2D eigenvalue weighted by Gasteiger charge is -2.53. The maximum absolute atomic E-state index is 3.83. The zero-order valence-corrected chi connectivity index (χ0v) is 12.9. The molecule has 1 heterocycles. The molecule has 0 bridgehead atoms. The van der Waals surface area contributed by atoms with Crippen LogP contribution in [0.25, 0.3) is 0 Å². The van der Waals surface area contributed by atoms with Gasteiger partial charge in [-0.05, 0) is 31.9 Å². The van der Waals surface area contributed by atoms with Gasteiger partial charge in [0.2, 0.25) is 0 Å². The van der Waals surface area contributed by atoms with Crippen molar-refractivity contribution in [2.75, 3.05) is 19.6 Å². The smallest absolute Gasteiger partial charge is 0.0535 e. The second-order valence-electron chi connectivity index (χ2n) is 6.00. The average Bonchev–Trinajstić information content (AvgIpc) is 2.48. The van der Waals surface area contributed by atoms with E-state index in [4.69, 9.17) is 0 Å². The fraction of sp³-hybridized carbons (Fsp3) is 0.647. The third kappa shape index (κ3) is 2.56. The summed E-state index contributed by atoms with van der Waals surface area (Å²) in [4.78, 5) is 2.68. The topological polar surface area (TPSA) is 15.3 Å². The molecule has 2 rings (SSSR count). The molecule has 0 aromatic heterocycles. The largest absolute Gasteiger partial charge is 0.305 e. The van der Waals surface area contributed by atoms with E-state index in [1.807, 2.05) is 0 Å². The minimum atomic E-state index is 0.0745. The highest BCUT2D eigenvalue weighted by Crippen LogP contribution is 2.34. The van der Waals surface area contributed by atoms with Crippen LogP contribution in [-0.4, -0.2) is 30.1 Å². The Morgan fingerprint density at radius 1 is 1.11 bits per heavy atom. The van der Waals surface area contributed by atoms with Crippen LogP contribution in [0.1, 0.15) is 46.1 Å². The van der Waals surface area contributed by atoms with Gasteiger partial charge in [0.25, 0.3) is 0 Å². The van der Waals surface area contributed by atoms with E-state index < -0.39 is 0 Å². The molecule has 1 N–H and O–H groups in total. The second kappa shape index (κ2) is 5.64. The molecule has 0 aliphatic carbocycles. The molecule has 2 nitrogen and oxygen atoms in total. The summed E-state index contributed by atoms with van der Waals surface area (Å²) in [5, 5.41) is 3.83. The highest BCUT2D eigenvalue weighted by Gasteiger charge is 2.43. The van der Waals surface area contributed by atoms with Gasteiger partial charge >= 0.3 is 0 Å². The quantitative estimate of drug-likeness (QED) is 0.893. The third-order valence-electron chi connectivity index (χ3n) is 5.09. The van der Waals surface area contributed by atoms with Crippen LogP contribution < -0.4 is 5.32 Å². The summed E-state index contributed by atoms with van der Waals surface area (Å²) >= 11 is 0. The number of nitrogens with zero attached hydrogens (tertiary/aromatic N) is 1. The molecular formula is C17H28N2. The van der Waals surface area contributed by atoms with Crippen LogP contribution in [0.2, 0.25) is 0 Å². The molecular weight excluding hydrogens is 232 g/mol. The van der Waals surface area contributed by atoms with Gasteiger partial charge in [-0.25, -0.2) is 0 Å². The number of benzene rings is 1. The molecule has 1 atom stereocenters. The Labute approximate surface area is 118 Å². The van der Waals surface area contributed by atoms with Gasteiger partial charge in [0.05, 0.1) is 5.54 Å². The molecule has 1 aromatic rings. The van der Waals surface area contributed by atoms with Crippen LogP contribution in [0, 0.1) is 0 Å². The Morgan fingerprint density at radius 2 is 1.74 bits per heavy atom. The van der Waals surface area contributed by atoms with Crippen LogP contribution >= 0.6 is 0 Å². The van der Waals surface area contributed by atoms with Gasteiger partial charge in [0.15, 0.2) is 0 Å². The summed E-state index contributed by atoms with van der Waals surface area (Å²) < 4.78 is 0. The third-order valence-corrected chi connectivity index (χ3v) is 5.09. The number of nitrogens with one attached hydrogen (secondary N) is 1. The Balaban J connectivity index is 2.26. The predicted molar refractivity (Wildman–Crippen MR) is 82.4 cm³/mol. The minimum absolute atomic E-state index is 0.0745. The van der Waals surface area contributed by atoms with Crippen LogP contribution in [0.15, 0.2) is 30.3 Å². The van der Waals surface area contributed by atoms with E-state index in [0.717, 1.165) is 19.6 Å². The Morgan fingerprint density at radius 3 is 2.26 bits per heavy atom. The average molecular weight is 260 g/mol. The fourth-order valence-corrected chi connectivity index (χ4v) is 3.47. The maximum Gasteiger partial charge on any atom is 0.0535 e. The van der Waals surface area contributed by atoms with E-state index in [1.165, 1.54) is 18.4 Å². The highest BCUT2D eigenvalue weighted by atomic mass is 15.3. The van der Waals surface area contributed by atoms with Gasteiger partial charge in [-0.2, -0.15) is 0 Å². The second-order valence-corrected chi connectivity index (χ2v) is 6.00. The lowest BCUT2D eigenvalue weighted by Crippen LogP contribution is -2.67. The van der Waals surface area contributed by atoms with E-state index in [1.54, 1.807) is 0 Å². The minimum Gasteiger partial charge on any atom is -0.305 e. The highest BCUT2D eigenvalue weighted by molar-refractivity contribution is 5.26. The Hall–Kier alpha value is -0.860. The molecule has 0 amide bonds. The summed E-state index contributed by atoms with van der Waals surface area (Å²) in [5.74, 6) is 0. The van der Waals surface area contributed by atoms with Crippen molar-refractivity contribution in [3.8, 4) is 0 Å². The van der Waals surface area contributed by atoms with E-state index >= 15 is 0 Å². The van der Waals surface area contributed by atoms with E-state index in [0.29, 0.717) is 5.54 Å².